The number of Topliss-reactive ketones (excluding diaryl/α,β-unsaturated/α-hetero) is 1. The van der Waals surface area contributed by atoms with Gasteiger partial charge in [0.05, 0.1) is 17.9 Å². The van der Waals surface area contributed by atoms with Gasteiger partial charge in [0.1, 0.15) is 0 Å². The van der Waals surface area contributed by atoms with Gasteiger partial charge in [-0.2, -0.15) is 0 Å². The van der Waals surface area contributed by atoms with Gasteiger partial charge in [0.25, 0.3) is 0 Å². The first kappa shape index (κ1) is 16.9. The van der Waals surface area contributed by atoms with Crippen LogP contribution >= 0.6 is 0 Å². The molecule has 0 radical (unpaired) electrons. The fourth-order valence-corrected chi connectivity index (χ4v) is 3.23. The number of anilines is 2. The largest absolute Gasteiger partial charge is 0.307 e. The smallest absolute Gasteiger partial charge is 0.229 e. The van der Waals surface area contributed by atoms with Crippen LogP contribution < -0.4 is 9.80 Å². The van der Waals surface area contributed by atoms with E-state index in [9.17, 15) is 14.4 Å². The van der Waals surface area contributed by atoms with Crippen LogP contribution in [0, 0.1) is 0 Å². The molecule has 0 fully saturated rings. The lowest BCUT2D eigenvalue weighted by atomic mass is 10.1. The molecule has 3 rings (SSSR count). The van der Waals surface area contributed by atoms with Crippen LogP contribution in [0.15, 0.2) is 54.6 Å². The van der Waals surface area contributed by atoms with Crippen molar-refractivity contribution in [2.24, 2.45) is 0 Å². The number of amides is 2. The second-order valence-corrected chi connectivity index (χ2v) is 6.20. The van der Waals surface area contributed by atoms with Crippen molar-refractivity contribution >= 4 is 29.0 Å². The molecule has 1 aliphatic rings. The Morgan fingerprint density at radius 1 is 1.00 bits per heavy atom. The van der Waals surface area contributed by atoms with Crippen LogP contribution in [-0.2, 0) is 9.59 Å². The van der Waals surface area contributed by atoms with Gasteiger partial charge in [-0.15, -0.1) is 0 Å². The second-order valence-electron chi connectivity index (χ2n) is 6.20. The molecule has 0 N–H and O–H groups in total. The van der Waals surface area contributed by atoms with Gasteiger partial charge in [-0.1, -0.05) is 42.5 Å². The Morgan fingerprint density at radius 3 is 2.24 bits per heavy atom. The maximum atomic E-state index is 12.8. The third-order valence-corrected chi connectivity index (χ3v) is 4.38. The molecule has 0 aliphatic carbocycles. The highest BCUT2D eigenvalue weighted by atomic mass is 16.2. The van der Waals surface area contributed by atoms with E-state index in [1.807, 2.05) is 25.1 Å². The highest BCUT2D eigenvalue weighted by Gasteiger charge is 2.33. The number of rotatable bonds is 3. The molecule has 2 amide bonds. The topological polar surface area (TPSA) is 57.7 Å². The summed E-state index contributed by atoms with van der Waals surface area (Å²) < 4.78 is 0. The first-order valence-electron chi connectivity index (χ1n) is 8.26. The standard InChI is InChI=1S/C20H20N2O3/c1-14-12-20(25)21(13-19(24)16-8-4-3-5-9-16)17-10-6-7-11-18(17)22(14)15(2)23/h3-11,14H,12-13H2,1-2H3. The summed E-state index contributed by atoms with van der Waals surface area (Å²) in [5.74, 6) is -0.412. The molecule has 1 heterocycles. The summed E-state index contributed by atoms with van der Waals surface area (Å²) in [4.78, 5) is 40.6. The van der Waals surface area contributed by atoms with Crippen molar-refractivity contribution < 1.29 is 14.4 Å². The lowest BCUT2D eigenvalue weighted by molar-refractivity contribution is -0.119. The number of nitrogens with zero attached hydrogens (tertiary/aromatic N) is 2. The molecule has 5 nitrogen and oxygen atoms in total. The summed E-state index contributed by atoms with van der Waals surface area (Å²) in [7, 11) is 0. The summed E-state index contributed by atoms with van der Waals surface area (Å²) in [5, 5.41) is 0. The van der Waals surface area contributed by atoms with E-state index in [-0.39, 0.29) is 36.6 Å². The number of benzene rings is 2. The van der Waals surface area contributed by atoms with E-state index in [1.165, 1.54) is 11.8 Å². The van der Waals surface area contributed by atoms with Gasteiger partial charge in [0, 0.05) is 24.9 Å². The van der Waals surface area contributed by atoms with Crippen molar-refractivity contribution in [3.05, 3.63) is 60.2 Å². The Balaban J connectivity index is 2.00. The van der Waals surface area contributed by atoms with Crippen molar-refractivity contribution in [1.29, 1.82) is 0 Å². The summed E-state index contributed by atoms with van der Waals surface area (Å²) in [6, 6.07) is 15.9. The van der Waals surface area contributed by atoms with Crippen LogP contribution in [0.4, 0.5) is 11.4 Å². The van der Waals surface area contributed by atoms with E-state index in [4.69, 9.17) is 0 Å². The molecule has 0 bridgehead atoms. The van der Waals surface area contributed by atoms with E-state index in [2.05, 4.69) is 0 Å². The minimum Gasteiger partial charge on any atom is -0.307 e. The predicted octanol–water partition coefficient (Wildman–Crippen LogP) is 3.05. The van der Waals surface area contributed by atoms with Crippen LogP contribution in [0.5, 0.6) is 0 Å². The number of fused-ring (bicyclic) bond motifs is 1. The zero-order chi connectivity index (χ0) is 18.0. The van der Waals surface area contributed by atoms with Crippen LogP contribution in [0.25, 0.3) is 0 Å². The zero-order valence-electron chi connectivity index (χ0n) is 14.3. The first-order valence-corrected chi connectivity index (χ1v) is 8.26. The average Bonchev–Trinajstić information content (AvgIpc) is 2.70. The number of hydrogen-bond acceptors (Lipinski definition) is 3. The Kier molecular flexibility index (Phi) is 4.65. The highest BCUT2D eigenvalue weighted by molar-refractivity contribution is 6.10. The molecule has 1 aliphatic heterocycles. The molecular formula is C20H20N2O3. The van der Waals surface area contributed by atoms with Crippen molar-refractivity contribution in [2.75, 3.05) is 16.3 Å². The van der Waals surface area contributed by atoms with Gasteiger partial charge >= 0.3 is 0 Å². The number of carbonyl (C=O) groups excluding carboxylic acids is 3. The lowest BCUT2D eigenvalue weighted by Gasteiger charge is -2.27. The van der Waals surface area contributed by atoms with Gasteiger partial charge in [0.2, 0.25) is 11.8 Å². The summed E-state index contributed by atoms with van der Waals surface area (Å²) in [5.41, 5.74) is 1.82. The average molecular weight is 336 g/mol. The molecular weight excluding hydrogens is 316 g/mol. The quantitative estimate of drug-likeness (QED) is 0.810. The monoisotopic (exact) mass is 336 g/mol. The third-order valence-electron chi connectivity index (χ3n) is 4.38. The summed E-state index contributed by atoms with van der Waals surface area (Å²) >= 11 is 0. The van der Waals surface area contributed by atoms with Crippen LogP contribution in [0.2, 0.25) is 0 Å². The lowest BCUT2D eigenvalue weighted by Crippen LogP contribution is -2.38. The third kappa shape index (κ3) is 3.31. The molecule has 25 heavy (non-hydrogen) atoms. The molecule has 2 aromatic carbocycles. The Morgan fingerprint density at radius 2 is 1.60 bits per heavy atom. The van der Waals surface area contributed by atoms with Crippen LogP contribution in [0.3, 0.4) is 0 Å². The van der Waals surface area contributed by atoms with Crippen molar-refractivity contribution in [1.82, 2.24) is 0 Å². The van der Waals surface area contributed by atoms with Gasteiger partial charge in [-0.3, -0.25) is 14.4 Å². The number of ketones is 1. The molecule has 5 heteroatoms. The minimum absolute atomic E-state index is 0.0433. The van der Waals surface area contributed by atoms with Crippen molar-refractivity contribution in [3.63, 3.8) is 0 Å². The molecule has 0 saturated carbocycles. The Bertz CT molecular complexity index is 817. The number of para-hydroxylation sites is 2. The van der Waals surface area contributed by atoms with E-state index in [1.54, 1.807) is 41.3 Å². The van der Waals surface area contributed by atoms with E-state index < -0.39 is 0 Å². The zero-order valence-corrected chi connectivity index (χ0v) is 14.3. The molecule has 1 atom stereocenters. The Hall–Kier alpha value is -2.95. The number of hydrogen-bond donors (Lipinski definition) is 0. The summed E-state index contributed by atoms with van der Waals surface area (Å²) in [6.45, 7) is 3.29. The minimum atomic E-state index is -0.261. The van der Waals surface area contributed by atoms with Gasteiger partial charge < -0.3 is 9.80 Å². The molecule has 128 valence electrons. The number of carbonyl (C=O) groups is 3. The maximum absolute atomic E-state index is 12.8. The van der Waals surface area contributed by atoms with E-state index >= 15 is 0 Å². The Labute approximate surface area is 146 Å². The highest BCUT2D eigenvalue weighted by Crippen LogP contribution is 2.35. The fourth-order valence-electron chi connectivity index (χ4n) is 3.23. The van der Waals surface area contributed by atoms with Gasteiger partial charge in [0.15, 0.2) is 5.78 Å². The van der Waals surface area contributed by atoms with Gasteiger partial charge in [-0.05, 0) is 19.1 Å². The molecule has 2 aromatic rings. The second kappa shape index (κ2) is 6.89. The van der Waals surface area contributed by atoms with Gasteiger partial charge in [-0.25, -0.2) is 0 Å². The summed E-state index contributed by atoms with van der Waals surface area (Å²) in [6.07, 6.45) is 0.177. The molecule has 0 aromatic heterocycles. The van der Waals surface area contributed by atoms with Crippen molar-refractivity contribution in [2.45, 2.75) is 26.3 Å². The van der Waals surface area contributed by atoms with Crippen LogP contribution in [-0.4, -0.2) is 30.2 Å². The first-order chi connectivity index (χ1) is 12.0. The maximum Gasteiger partial charge on any atom is 0.229 e. The van der Waals surface area contributed by atoms with E-state index in [0.717, 1.165) is 0 Å². The van der Waals surface area contributed by atoms with Crippen molar-refractivity contribution in [3.8, 4) is 0 Å². The normalized spacial score (nSPS) is 17.0. The molecule has 1 unspecified atom stereocenters. The van der Waals surface area contributed by atoms with Crippen LogP contribution in [0.1, 0.15) is 30.6 Å². The van der Waals surface area contributed by atoms with E-state index in [0.29, 0.717) is 16.9 Å². The SMILES string of the molecule is CC(=O)N1c2ccccc2N(CC(=O)c2ccccc2)C(=O)CC1C. The molecule has 0 saturated heterocycles. The fraction of sp³-hybridized carbons (Fsp3) is 0.250. The predicted molar refractivity (Wildman–Crippen MR) is 96.8 cm³/mol. The molecule has 0 spiro atoms.